The third-order valence-electron chi connectivity index (χ3n) is 4.65. The van der Waals surface area contributed by atoms with Gasteiger partial charge in [0.05, 0.1) is 0 Å². The van der Waals surface area contributed by atoms with Gasteiger partial charge < -0.3 is 10.4 Å². The molecule has 120 valence electrons. The first-order valence-electron chi connectivity index (χ1n) is 7.96. The average molecular weight is 303 g/mol. The van der Waals surface area contributed by atoms with E-state index in [9.17, 15) is 14.7 Å². The van der Waals surface area contributed by atoms with E-state index < -0.39 is 11.5 Å². The maximum absolute atomic E-state index is 12.4. The predicted molar refractivity (Wildman–Crippen MR) is 85.7 cm³/mol. The van der Waals surface area contributed by atoms with Gasteiger partial charge in [0.25, 0.3) is 0 Å². The van der Waals surface area contributed by atoms with Gasteiger partial charge in [-0.2, -0.15) is 0 Å². The highest BCUT2D eigenvalue weighted by Gasteiger charge is 2.41. The third kappa shape index (κ3) is 3.67. The van der Waals surface area contributed by atoms with Gasteiger partial charge in [0, 0.05) is 6.42 Å². The average Bonchev–Trinajstić information content (AvgIpc) is 2.48. The fraction of sp³-hybridized carbons (Fsp3) is 0.556. The largest absolute Gasteiger partial charge is 0.480 e. The molecule has 0 heterocycles. The molecule has 1 amide bonds. The lowest BCUT2D eigenvalue weighted by atomic mass is 9.79. The number of carbonyl (C=O) groups is 2. The quantitative estimate of drug-likeness (QED) is 0.877. The molecule has 2 N–H and O–H groups in total. The number of carbonyl (C=O) groups excluding carboxylic acids is 1. The highest BCUT2D eigenvalue weighted by Crippen LogP contribution is 2.31. The Kier molecular flexibility index (Phi) is 4.89. The minimum Gasteiger partial charge on any atom is -0.480 e. The van der Waals surface area contributed by atoms with Crippen molar-refractivity contribution in [3.05, 3.63) is 35.9 Å². The Bertz CT molecular complexity index is 531. The van der Waals surface area contributed by atoms with Crippen molar-refractivity contribution in [2.24, 2.45) is 0 Å². The molecule has 1 aliphatic carbocycles. The molecular formula is C18H25NO3. The van der Waals surface area contributed by atoms with E-state index in [1.165, 1.54) is 0 Å². The van der Waals surface area contributed by atoms with Gasteiger partial charge >= 0.3 is 5.97 Å². The van der Waals surface area contributed by atoms with Gasteiger partial charge in [0.2, 0.25) is 5.91 Å². The van der Waals surface area contributed by atoms with Gasteiger partial charge in [-0.25, -0.2) is 4.79 Å². The summed E-state index contributed by atoms with van der Waals surface area (Å²) >= 11 is 0. The van der Waals surface area contributed by atoms with Crippen molar-refractivity contribution >= 4 is 11.9 Å². The zero-order valence-electron chi connectivity index (χ0n) is 13.4. The Labute approximate surface area is 131 Å². The Hall–Kier alpha value is -1.84. The van der Waals surface area contributed by atoms with E-state index in [0.717, 1.165) is 24.8 Å². The molecule has 0 aliphatic heterocycles. The zero-order chi connectivity index (χ0) is 16.2. The molecule has 1 aromatic carbocycles. The number of amides is 1. The van der Waals surface area contributed by atoms with Crippen LogP contribution in [0.4, 0.5) is 0 Å². The molecule has 4 heteroatoms. The maximum Gasteiger partial charge on any atom is 0.329 e. The summed E-state index contributed by atoms with van der Waals surface area (Å²) in [4.78, 5) is 24.1. The topological polar surface area (TPSA) is 66.4 Å². The van der Waals surface area contributed by atoms with Crippen molar-refractivity contribution in [1.82, 2.24) is 5.32 Å². The van der Waals surface area contributed by atoms with Crippen LogP contribution < -0.4 is 5.32 Å². The zero-order valence-corrected chi connectivity index (χ0v) is 13.4. The number of hydrogen-bond acceptors (Lipinski definition) is 2. The Morgan fingerprint density at radius 1 is 1.14 bits per heavy atom. The van der Waals surface area contributed by atoms with Crippen LogP contribution in [0.2, 0.25) is 0 Å². The molecule has 0 spiro atoms. The smallest absolute Gasteiger partial charge is 0.329 e. The number of nitrogens with one attached hydrogen (secondary N) is 1. The molecule has 22 heavy (non-hydrogen) atoms. The molecular weight excluding hydrogens is 278 g/mol. The molecule has 4 nitrogen and oxygen atoms in total. The fourth-order valence-electron chi connectivity index (χ4n) is 3.25. The third-order valence-corrected chi connectivity index (χ3v) is 4.65. The van der Waals surface area contributed by atoms with Gasteiger partial charge in [-0.05, 0) is 23.8 Å². The second-order valence-electron chi connectivity index (χ2n) is 6.92. The molecule has 1 fully saturated rings. The number of aliphatic carboxylic acids is 1. The van der Waals surface area contributed by atoms with Gasteiger partial charge in [-0.3, -0.25) is 4.79 Å². The summed E-state index contributed by atoms with van der Waals surface area (Å²) in [5.41, 5.74) is -0.305. The van der Waals surface area contributed by atoms with Crippen molar-refractivity contribution in [3.63, 3.8) is 0 Å². The van der Waals surface area contributed by atoms with E-state index in [1.54, 1.807) is 0 Å². The summed E-state index contributed by atoms with van der Waals surface area (Å²) in [7, 11) is 0. The second-order valence-corrected chi connectivity index (χ2v) is 6.92. The van der Waals surface area contributed by atoms with Gasteiger partial charge in [-0.15, -0.1) is 0 Å². The first-order valence-corrected chi connectivity index (χ1v) is 7.96. The normalized spacial score (nSPS) is 17.7. The molecule has 0 bridgehead atoms. The van der Waals surface area contributed by atoms with Crippen LogP contribution in [-0.4, -0.2) is 22.5 Å². The van der Waals surface area contributed by atoms with E-state index in [0.29, 0.717) is 12.8 Å². The second kappa shape index (κ2) is 6.51. The lowest BCUT2D eigenvalue weighted by Gasteiger charge is -2.35. The lowest BCUT2D eigenvalue weighted by molar-refractivity contribution is -0.149. The predicted octanol–water partition coefficient (Wildman–Crippen LogP) is 3.26. The molecule has 0 atom stereocenters. The monoisotopic (exact) mass is 303 g/mol. The number of rotatable bonds is 5. The fourth-order valence-corrected chi connectivity index (χ4v) is 3.25. The van der Waals surface area contributed by atoms with Crippen molar-refractivity contribution in [2.45, 2.75) is 63.3 Å². The van der Waals surface area contributed by atoms with Crippen LogP contribution in [0.25, 0.3) is 0 Å². The highest BCUT2D eigenvalue weighted by atomic mass is 16.4. The van der Waals surface area contributed by atoms with Crippen molar-refractivity contribution in [3.8, 4) is 0 Å². The van der Waals surface area contributed by atoms with Crippen LogP contribution in [0, 0.1) is 0 Å². The maximum atomic E-state index is 12.4. The minimum absolute atomic E-state index is 0.182. The van der Waals surface area contributed by atoms with Gasteiger partial charge in [0.1, 0.15) is 5.54 Å². The molecule has 1 aliphatic rings. The summed E-state index contributed by atoms with van der Waals surface area (Å²) in [6.07, 6.45) is 4.09. The van der Waals surface area contributed by atoms with E-state index in [2.05, 4.69) is 5.32 Å². The Morgan fingerprint density at radius 2 is 1.73 bits per heavy atom. The molecule has 0 unspecified atom stereocenters. The first kappa shape index (κ1) is 16.5. The first-order chi connectivity index (χ1) is 10.4. The van der Waals surface area contributed by atoms with Crippen LogP contribution in [0.3, 0.4) is 0 Å². The number of benzene rings is 1. The van der Waals surface area contributed by atoms with Crippen LogP contribution in [0.5, 0.6) is 0 Å². The van der Waals surface area contributed by atoms with Gasteiger partial charge in [-0.1, -0.05) is 63.4 Å². The Balaban J connectivity index is 2.07. The van der Waals surface area contributed by atoms with Crippen LogP contribution in [0.15, 0.2) is 30.3 Å². The van der Waals surface area contributed by atoms with E-state index >= 15 is 0 Å². The molecule has 0 saturated heterocycles. The summed E-state index contributed by atoms with van der Waals surface area (Å²) in [6, 6.07) is 9.85. The summed E-state index contributed by atoms with van der Waals surface area (Å²) in [6.45, 7) is 4.02. The van der Waals surface area contributed by atoms with E-state index in [4.69, 9.17) is 0 Å². The summed E-state index contributed by atoms with van der Waals surface area (Å²) in [5.74, 6) is -1.09. The SMILES string of the molecule is CC(C)(CC(=O)NC1(C(=O)O)CCCCC1)c1ccccc1. The summed E-state index contributed by atoms with van der Waals surface area (Å²) < 4.78 is 0. The van der Waals surface area contributed by atoms with Crippen LogP contribution in [-0.2, 0) is 15.0 Å². The lowest BCUT2D eigenvalue weighted by Crippen LogP contribution is -2.56. The van der Waals surface area contributed by atoms with Crippen LogP contribution in [0.1, 0.15) is 57.9 Å². The summed E-state index contributed by atoms with van der Waals surface area (Å²) in [5, 5.41) is 12.4. The standard InChI is InChI=1S/C18H25NO3/c1-17(2,14-9-5-3-6-10-14)13-15(20)19-18(16(21)22)11-7-4-8-12-18/h3,5-6,9-10H,4,7-8,11-13H2,1-2H3,(H,19,20)(H,21,22). The van der Waals surface area contributed by atoms with Crippen molar-refractivity contribution < 1.29 is 14.7 Å². The Morgan fingerprint density at radius 3 is 2.27 bits per heavy atom. The minimum atomic E-state index is -1.07. The number of carboxylic acids is 1. The van der Waals surface area contributed by atoms with Crippen molar-refractivity contribution in [2.75, 3.05) is 0 Å². The molecule has 1 saturated carbocycles. The van der Waals surface area contributed by atoms with E-state index in [-0.39, 0.29) is 17.7 Å². The molecule has 2 rings (SSSR count). The molecule has 1 aromatic rings. The van der Waals surface area contributed by atoms with Gasteiger partial charge in [0.15, 0.2) is 0 Å². The van der Waals surface area contributed by atoms with E-state index in [1.807, 2.05) is 44.2 Å². The molecule has 0 aromatic heterocycles. The van der Waals surface area contributed by atoms with Crippen molar-refractivity contribution in [1.29, 1.82) is 0 Å². The number of carboxylic acid groups (broad SMARTS) is 1. The number of hydrogen-bond donors (Lipinski definition) is 2. The molecule has 0 radical (unpaired) electrons. The highest BCUT2D eigenvalue weighted by molar-refractivity contribution is 5.87. The van der Waals surface area contributed by atoms with Crippen LogP contribution >= 0.6 is 0 Å².